The van der Waals surface area contributed by atoms with Crippen molar-refractivity contribution in [2.45, 2.75) is 12.5 Å². The molecule has 1 atom stereocenters. The first-order valence-corrected chi connectivity index (χ1v) is 8.00. The Labute approximate surface area is 134 Å². The first-order chi connectivity index (χ1) is 10.1. The molecule has 6 heteroatoms. The number of rotatable bonds is 6. The van der Waals surface area contributed by atoms with Gasteiger partial charge in [-0.2, -0.15) is 0 Å². The van der Waals surface area contributed by atoms with Gasteiger partial charge in [0.2, 0.25) is 0 Å². The van der Waals surface area contributed by atoms with Gasteiger partial charge in [-0.25, -0.2) is 0 Å². The van der Waals surface area contributed by atoms with Crippen molar-refractivity contribution in [2.75, 3.05) is 44.7 Å². The molecule has 0 unspecified atom stereocenters. The van der Waals surface area contributed by atoms with Crippen LogP contribution in [0.15, 0.2) is 28.7 Å². The van der Waals surface area contributed by atoms with Crippen molar-refractivity contribution in [3.8, 4) is 0 Å². The van der Waals surface area contributed by atoms with Crippen LogP contribution in [0.2, 0.25) is 0 Å². The molecule has 1 aromatic carbocycles. The van der Waals surface area contributed by atoms with Gasteiger partial charge in [0.1, 0.15) is 0 Å². The zero-order chi connectivity index (χ0) is 15.2. The van der Waals surface area contributed by atoms with Gasteiger partial charge in [-0.1, -0.05) is 15.9 Å². The second-order valence-corrected chi connectivity index (χ2v) is 6.23. The highest BCUT2D eigenvalue weighted by molar-refractivity contribution is 9.10. The summed E-state index contributed by atoms with van der Waals surface area (Å²) in [4.78, 5) is 15.4. The number of nitrogens with one attached hydrogen (secondary N) is 1. The highest BCUT2D eigenvalue weighted by Crippen LogP contribution is 2.21. The van der Waals surface area contributed by atoms with Crippen LogP contribution in [-0.4, -0.2) is 61.8 Å². The summed E-state index contributed by atoms with van der Waals surface area (Å²) in [6.45, 7) is 4.24. The van der Waals surface area contributed by atoms with E-state index in [1.165, 1.54) is 5.69 Å². The molecule has 1 fully saturated rings. The minimum atomic E-state index is -0.728. The van der Waals surface area contributed by atoms with Crippen molar-refractivity contribution in [1.82, 2.24) is 10.2 Å². The van der Waals surface area contributed by atoms with Gasteiger partial charge in [0, 0.05) is 48.9 Å². The van der Waals surface area contributed by atoms with Crippen molar-refractivity contribution in [2.24, 2.45) is 0 Å². The molecule has 116 valence electrons. The van der Waals surface area contributed by atoms with Crippen molar-refractivity contribution in [1.29, 1.82) is 0 Å². The Morgan fingerprint density at radius 3 is 2.71 bits per heavy atom. The van der Waals surface area contributed by atoms with Crippen LogP contribution in [0.1, 0.15) is 6.42 Å². The molecule has 5 nitrogen and oxygen atoms in total. The average Bonchev–Trinajstić information content (AvgIpc) is 2.47. The van der Waals surface area contributed by atoms with E-state index in [2.05, 4.69) is 55.3 Å². The monoisotopic (exact) mass is 355 g/mol. The Hall–Kier alpha value is -1.11. The largest absolute Gasteiger partial charge is 0.481 e. The highest BCUT2D eigenvalue weighted by Gasteiger charge is 2.26. The van der Waals surface area contributed by atoms with E-state index < -0.39 is 5.97 Å². The number of hydrogen-bond acceptors (Lipinski definition) is 4. The SMILES string of the molecule is CNC[C@H]1CN(c2ccc(Br)cc2)CCN1CCC(=O)O. The normalized spacial score (nSPS) is 19.7. The lowest BCUT2D eigenvalue weighted by molar-refractivity contribution is -0.137. The number of aliphatic carboxylic acids is 1. The third-order valence-corrected chi connectivity index (χ3v) is 4.38. The predicted molar refractivity (Wildman–Crippen MR) is 87.9 cm³/mol. The summed E-state index contributed by atoms with van der Waals surface area (Å²) >= 11 is 3.46. The van der Waals surface area contributed by atoms with Crippen LogP contribution in [0.25, 0.3) is 0 Å². The minimum Gasteiger partial charge on any atom is -0.481 e. The predicted octanol–water partition coefficient (Wildman–Crippen LogP) is 1.63. The summed E-state index contributed by atoms with van der Waals surface area (Å²) in [7, 11) is 1.94. The summed E-state index contributed by atoms with van der Waals surface area (Å²) in [5.41, 5.74) is 1.22. The summed E-state index contributed by atoms with van der Waals surface area (Å²) < 4.78 is 1.08. The summed E-state index contributed by atoms with van der Waals surface area (Å²) in [6.07, 6.45) is 0.207. The fraction of sp³-hybridized carbons (Fsp3) is 0.533. The van der Waals surface area contributed by atoms with Gasteiger partial charge >= 0.3 is 5.97 Å². The number of hydrogen-bond donors (Lipinski definition) is 2. The van der Waals surface area contributed by atoms with E-state index in [0.717, 1.165) is 30.7 Å². The van der Waals surface area contributed by atoms with Gasteiger partial charge < -0.3 is 15.3 Å². The number of likely N-dealkylation sites (N-methyl/N-ethyl adjacent to an activating group) is 1. The molecular weight excluding hydrogens is 334 g/mol. The second kappa shape index (κ2) is 7.77. The van der Waals surface area contributed by atoms with Crippen LogP contribution in [0.4, 0.5) is 5.69 Å². The van der Waals surface area contributed by atoms with E-state index in [0.29, 0.717) is 12.6 Å². The topological polar surface area (TPSA) is 55.8 Å². The molecule has 1 saturated heterocycles. The molecule has 0 radical (unpaired) electrons. The Morgan fingerprint density at radius 1 is 1.38 bits per heavy atom. The van der Waals surface area contributed by atoms with E-state index in [4.69, 9.17) is 5.11 Å². The van der Waals surface area contributed by atoms with Gasteiger partial charge in [-0.15, -0.1) is 0 Å². The summed E-state index contributed by atoms with van der Waals surface area (Å²) in [5, 5.41) is 12.1. The molecule has 0 aliphatic carbocycles. The van der Waals surface area contributed by atoms with Gasteiger partial charge in [-0.05, 0) is 31.3 Å². The molecule has 1 heterocycles. The Bertz CT molecular complexity index is 466. The lowest BCUT2D eigenvalue weighted by Crippen LogP contribution is -2.56. The zero-order valence-electron chi connectivity index (χ0n) is 12.3. The number of halogens is 1. The molecule has 0 bridgehead atoms. The van der Waals surface area contributed by atoms with Crippen LogP contribution in [0.5, 0.6) is 0 Å². The second-order valence-electron chi connectivity index (χ2n) is 5.31. The van der Waals surface area contributed by atoms with E-state index in [1.807, 2.05) is 7.05 Å². The molecule has 1 aromatic rings. The van der Waals surface area contributed by atoms with Gasteiger partial charge in [-0.3, -0.25) is 9.69 Å². The number of anilines is 1. The first-order valence-electron chi connectivity index (χ1n) is 7.21. The van der Waals surface area contributed by atoms with E-state index in [1.54, 1.807) is 0 Å². The minimum absolute atomic E-state index is 0.207. The van der Waals surface area contributed by atoms with Crippen LogP contribution < -0.4 is 10.2 Å². The molecule has 1 aliphatic rings. The molecule has 2 N–H and O–H groups in total. The molecule has 0 spiro atoms. The first kappa shape index (κ1) is 16.3. The number of carboxylic acid groups (broad SMARTS) is 1. The number of carbonyl (C=O) groups is 1. The summed E-state index contributed by atoms with van der Waals surface area (Å²) in [5.74, 6) is -0.728. The number of nitrogens with zero attached hydrogens (tertiary/aromatic N) is 2. The average molecular weight is 356 g/mol. The zero-order valence-corrected chi connectivity index (χ0v) is 13.8. The standard InChI is InChI=1S/C15H22BrN3O2/c1-17-10-14-11-19(13-4-2-12(16)3-5-13)9-8-18(14)7-6-15(20)21/h2-5,14,17H,6-11H2,1H3,(H,20,21)/t14-/m0/s1. The van der Waals surface area contributed by atoms with Crippen molar-refractivity contribution < 1.29 is 9.90 Å². The lowest BCUT2D eigenvalue weighted by atomic mass is 10.1. The quantitative estimate of drug-likeness (QED) is 0.812. The van der Waals surface area contributed by atoms with Gasteiger partial charge in [0.15, 0.2) is 0 Å². The van der Waals surface area contributed by atoms with E-state index in [9.17, 15) is 4.79 Å². The highest BCUT2D eigenvalue weighted by atomic mass is 79.9. The Balaban J connectivity index is 2.00. The Kier molecular flexibility index (Phi) is 6.02. The summed E-state index contributed by atoms with van der Waals surface area (Å²) in [6, 6.07) is 8.69. The van der Waals surface area contributed by atoms with Crippen LogP contribution in [0.3, 0.4) is 0 Å². The molecule has 0 aromatic heterocycles. The molecular formula is C15H22BrN3O2. The number of benzene rings is 1. The number of carboxylic acids is 1. The molecule has 1 aliphatic heterocycles. The third kappa shape index (κ3) is 4.69. The molecule has 0 saturated carbocycles. The van der Waals surface area contributed by atoms with Crippen LogP contribution >= 0.6 is 15.9 Å². The maximum atomic E-state index is 10.8. The van der Waals surface area contributed by atoms with Gasteiger partial charge in [0.05, 0.1) is 6.42 Å². The van der Waals surface area contributed by atoms with E-state index in [-0.39, 0.29) is 6.42 Å². The lowest BCUT2D eigenvalue weighted by Gasteiger charge is -2.42. The number of piperazine rings is 1. The fourth-order valence-corrected chi connectivity index (χ4v) is 3.01. The van der Waals surface area contributed by atoms with Crippen molar-refractivity contribution in [3.63, 3.8) is 0 Å². The maximum Gasteiger partial charge on any atom is 0.304 e. The van der Waals surface area contributed by atoms with Crippen molar-refractivity contribution in [3.05, 3.63) is 28.7 Å². The third-order valence-electron chi connectivity index (χ3n) is 3.85. The van der Waals surface area contributed by atoms with Crippen LogP contribution in [0, 0.1) is 0 Å². The maximum absolute atomic E-state index is 10.8. The fourth-order valence-electron chi connectivity index (χ4n) is 2.74. The smallest absolute Gasteiger partial charge is 0.304 e. The van der Waals surface area contributed by atoms with Crippen molar-refractivity contribution >= 4 is 27.6 Å². The molecule has 2 rings (SSSR count). The van der Waals surface area contributed by atoms with E-state index >= 15 is 0 Å². The molecule has 21 heavy (non-hydrogen) atoms. The van der Waals surface area contributed by atoms with Crippen LogP contribution in [-0.2, 0) is 4.79 Å². The molecule has 0 amide bonds. The van der Waals surface area contributed by atoms with Gasteiger partial charge in [0.25, 0.3) is 0 Å². The Morgan fingerprint density at radius 2 is 2.10 bits per heavy atom.